The lowest BCUT2D eigenvalue weighted by molar-refractivity contribution is -0.142. The van der Waals surface area contributed by atoms with Crippen LogP contribution >= 0.6 is 0 Å². The molecule has 1 atom stereocenters. The maximum Gasteiger partial charge on any atom is 0.314 e. The van der Waals surface area contributed by atoms with E-state index in [1.54, 1.807) is 24.3 Å². The Hall–Kier alpha value is -2.18. The molecule has 0 radical (unpaired) electrons. The predicted octanol–water partition coefficient (Wildman–Crippen LogP) is 2.54. The van der Waals surface area contributed by atoms with Gasteiger partial charge in [0.25, 0.3) is 0 Å². The smallest absolute Gasteiger partial charge is 0.314 e. The van der Waals surface area contributed by atoms with Gasteiger partial charge in [-0.3, -0.25) is 4.79 Å². The number of hydrogen-bond donors (Lipinski definition) is 1. The number of hydrogen-bond acceptors (Lipinski definition) is 4. The second-order valence-electron chi connectivity index (χ2n) is 5.65. The van der Waals surface area contributed by atoms with Crippen LogP contribution in [-0.4, -0.2) is 28.0 Å². The van der Waals surface area contributed by atoms with Gasteiger partial charge in [-0.25, -0.2) is 13.1 Å². The summed E-state index contributed by atoms with van der Waals surface area (Å²) >= 11 is 0. The Morgan fingerprint density at radius 2 is 1.50 bits per heavy atom. The van der Waals surface area contributed by atoms with Gasteiger partial charge < -0.3 is 4.74 Å². The Labute approximate surface area is 142 Å². The van der Waals surface area contributed by atoms with Crippen LogP contribution in [0.15, 0.2) is 53.4 Å². The van der Waals surface area contributed by atoms with Gasteiger partial charge in [-0.15, -0.1) is 0 Å². The number of rotatable bonds is 6. The van der Waals surface area contributed by atoms with Gasteiger partial charge in [0.05, 0.1) is 17.9 Å². The summed E-state index contributed by atoms with van der Waals surface area (Å²) in [4.78, 5) is 12.2. The number of esters is 1. The zero-order valence-electron chi connectivity index (χ0n) is 13.9. The fourth-order valence-corrected chi connectivity index (χ4v) is 3.32. The van der Waals surface area contributed by atoms with Crippen LogP contribution in [0.5, 0.6) is 0 Å². The van der Waals surface area contributed by atoms with Crippen LogP contribution < -0.4 is 4.72 Å². The number of methoxy groups -OCH3 is 1. The van der Waals surface area contributed by atoms with E-state index in [-0.39, 0.29) is 11.4 Å². The molecule has 0 aliphatic carbocycles. The van der Waals surface area contributed by atoms with Crippen molar-refractivity contribution >= 4 is 16.0 Å². The van der Waals surface area contributed by atoms with Crippen LogP contribution in [0.2, 0.25) is 0 Å². The van der Waals surface area contributed by atoms with Crippen LogP contribution in [0, 0.1) is 13.8 Å². The molecule has 6 heteroatoms. The third kappa shape index (κ3) is 4.43. The van der Waals surface area contributed by atoms with Crippen molar-refractivity contribution in [3.63, 3.8) is 0 Å². The number of carbonyl (C=O) groups is 1. The largest absolute Gasteiger partial charge is 0.469 e. The first-order chi connectivity index (χ1) is 11.3. The number of sulfonamides is 1. The first kappa shape index (κ1) is 18.2. The summed E-state index contributed by atoms with van der Waals surface area (Å²) in [5.74, 6) is -1.18. The van der Waals surface area contributed by atoms with Gasteiger partial charge in [0.15, 0.2) is 0 Å². The predicted molar refractivity (Wildman–Crippen MR) is 92.3 cm³/mol. The van der Waals surface area contributed by atoms with Crippen molar-refractivity contribution in [1.82, 2.24) is 4.72 Å². The summed E-state index contributed by atoms with van der Waals surface area (Å²) in [7, 11) is -2.40. The van der Waals surface area contributed by atoms with E-state index in [2.05, 4.69) is 4.72 Å². The number of nitrogens with one attached hydrogen (secondary N) is 1. The van der Waals surface area contributed by atoms with Crippen molar-refractivity contribution in [2.45, 2.75) is 24.7 Å². The molecule has 5 nitrogen and oxygen atoms in total. The molecule has 0 saturated heterocycles. The van der Waals surface area contributed by atoms with Crippen LogP contribution in [0.1, 0.15) is 22.6 Å². The van der Waals surface area contributed by atoms with Crippen molar-refractivity contribution in [2.75, 3.05) is 13.7 Å². The average Bonchev–Trinajstić information content (AvgIpc) is 2.56. The highest BCUT2D eigenvalue weighted by Gasteiger charge is 2.24. The SMILES string of the molecule is COC(=O)[C@@H](CNS(=O)(=O)c1ccc(C)cc1)c1ccc(C)cc1. The monoisotopic (exact) mass is 347 g/mol. The molecule has 0 unspecified atom stereocenters. The quantitative estimate of drug-likeness (QED) is 0.815. The van der Waals surface area contributed by atoms with Crippen molar-refractivity contribution < 1.29 is 17.9 Å². The van der Waals surface area contributed by atoms with E-state index in [0.29, 0.717) is 5.56 Å². The van der Waals surface area contributed by atoms with Crippen LogP contribution in [0.25, 0.3) is 0 Å². The van der Waals surface area contributed by atoms with Gasteiger partial charge in [0, 0.05) is 6.54 Å². The van der Waals surface area contributed by atoms with Crippen molar-refractivity contribution in [3.8, 4) is 0 Å². The van der Waals surface area contributed by atoms with Crippen LogP contribution in [0.3, 0.4) is 0 Å². The Morgan fingerprint density at radius 3 is 2.00 bits per heavy atom. The molecular formula is C18H21NO4S. The van der Waals surface area contributed by atoms with E-state index < -0.39 is 21.9 Å². The van der Waals surface area contributed by atoms with Crippen LogP contribution in [0.4, 0.5) is 0 Å². The van der Waals surface area contributed by atoms with Gasteiger partial charge in [-0.2, -0.15) is 0 Å². The summed E-state index contributed by atoms with van der Waals surface area (Å²) in [6.45, 7) is 3.76. The summed E-state index contributed by atoms with van der Waals surface area (Å²) in [5.41, 5.74) is 2.74. The highest BCUT2D eigenvalue weighted by Crippen LogP contribution is 2.19. The Bertz CT molecular complexity index is 796. The Morgan fingerprint density at radius 1 is 1.00 bits per heavy atom. The molecule has 1 N–H and O–H groups in total. The molecular weight excluding hydrogens is 326 g/mol. The lowest BCUT2D eigenvalue weighted by Gasteiger charge is -2.16. The number of aryl methyl sites for hydroxylation is 2. The third-order valence-electron chi connectivity index (χ3n) is 3.77. The van der Waals surface area contributed by atoms with Gasteiger partial charge in [0.1, 0.15) is 0 Å². The minimum absolute atomic E-state index is 0.0635. The average molecular weight is 347 g/mol. The van der Waals surface area contributed by atoms with Crippen molar-refractivity contribution in [2.24, 2.45) is 0 Å². The van der Waals surface area contributed by atoms with Crippen molar-refractivity contribution in [3.05, 3.63) is 65.2 Å². The standard InChI is InChI=1S/C18H21NO4S/c1-13-4-8-15(9-5-13)17(18(20)23-3)12-19-24(21,22)16-10-6-14(2)7-11-16/h4-11,17,19H,12H2,1-3H3/t17-/m0/s1. The lowest BCUT2D eigenvalue weighted by Crippen LogP contribution is -2.32. The zero-order valence-corrected chi connectivity index (χ0v) is 14.8. The molecule has 24 heavy (non-hydrogen) atoms. The minimum atomic E-state index is -3.69. The molecule has 0 saturated carbocycles. The fourth-order valence-electron chi connectivity index (χ4n) is 2.27. The van der Waals surface area contributed by atoms with Gasteiger partial charge in [-0.1, -0.05) is 47.5 Å². The molecule has 0 amide bonds. The summed E-state index contributed by atoms with van der Waals surface area (Å²) in [6, 6.07) is 13.9. The summed E-state index contributed by atoms with van der Waals surface area (Å²) < 4.78 is 32.1. The maximum atomic E-state index is 12.4. The summed E-state index contributed by atoms with van der Waals surface area (Å²) in [5, 5.41) is 0. The first-order valence-electron chi connectivity index (χ1n) is 7.54. The molecule has 2 aromatic carbocycles. The minimum Gasteiger partial charge on any atom is -0.469 e. The second-order valence-corrected chi connectivity index (χ2v) is 7.42. The highest BCUT2D eigenvalue weighted by atomic mass is 32.2. The number of benzene rings is 2. The Balaban J connectivity index is 2.19. The Kier molecular flexibility index (Phi) is 5.75. The molecule has 2 rings (SSSR count). The molecule has 0 fully saturated rings. The van der Waals surface area contributed by atoms with E-state index in [9.17, 15) is 13.2 Å². The van der Waals surface area contributed by atoms with Gasteiger partial charge >= 0.3 is 5.97 Å². The van der Waals surface area contributed by atoms with E-state index in [1.165, 1.54) is 19.2 Å². The number of carbonyl (C=O) groups excluding carboxylic acids is 1. The van der Waals surface area contributed by atoms with E-state index in [1.807, 2.05) is 26.0 Å². The zero-order chi connectivity index (χ0) is 17.7. The van der Waals surface area contributed by atoms with Crippen LogP contribution in [-0.2, 0) is 19.6 Å². The lowest BCUT2D eigenvalue weighted by atomic mass is 9.98. The molecule has 0 spiro atoms. The topological polar surface area (TPSA) is 72.5 Å². The highest BCUT2D eigenvalue weighted by molar-refractivity contribution is 7.89. The molecule has 128 valence electrons. The van der Waals surface area contributed by atoms with Gasteiger partial charge in [-0.05, 0) is 31.5 Å². The van der Waals surface area contributed by atoms with E-state index >= 15 is 0 Å². The molecule has 0 aromatic heterocycles. The van der Waals surface area contributed by atoms with E-state index in [4.69, 9.17) is 4.74 Å². The molecule has 2 aromatic rings. The molecule has 0 bridgehead atoms. The molecule has 0 heterocycles. The van der Waals surface area contributed by atoms with E-state index in [0.717, 1.165) is 11.1 Å². The number of ether oxygens (including phenoxy) is 1. The molecule has 0 aliphatic rings. The normalized spacial score (nSPS) is 12.6. The van der Waals surface area contributed by atoms with Gasteiger partial charge in [0.2, 0.25) is 10.0 Å². The first-order valence-corrected chi connectivity index (χ1v) is 9.02. The fraction of sp³-hybridized carbons (Fsp3) is 0.278. The summed E-state index contributed by atoms with van der Waals surface area (Å²) in [6.07, 6.45) is 0. The third-order valence-corrected chi connectivity index (χ3v) is 5.21. The maximum absolute atomic E-state index is 12.4. The second kappa shape index (κ2) is 7.59. The van der Waals surface area contributed by atoms with Crippen molar-refractivity contribution in [1.29, 1.82) is 0 Å². The molecule has 0 aliphatic heterocycles.